The third-order valence-corrected chi connectivity index (χ3v) is 2.48. The van der Waals surface area contributed by atoms with Crippen LogP contribution in [0.5, 0.6) is 0 Å². The van der Waals surface area contributed by atoms with Gasteiger partial charge in [0.1, 0.15) is 0 Å². The zero-order valence-electron chi connectivity index (χ0n) is 6.17. The van der Waals surface area contributed by atoms with E-state index in [2.05, 4.69) is 25.7 Å². The fourth-order valence-electron chi connectivity index (χ4n) is 0.672. The van der Waals surface area contributed by atoms with Crippen LogP contribution in [0.3, 0.4) is 0 Å². The number of pyridine rings is 1. The molecule has 0 radical (unpaired) electrons. The van der Waals surface area contributed by atoms with Crippen LogP contribution < -0.4 is 0 Å². The highest BCUT2D eigenvalue weighted by Crippen LogP contribution is 2.24. The second-order valence-electron chi connectivity index (χ2n) is 1.97. The van der Waals surface area contributed by atoms with Crippen LogP contribution in [0.4, 0.5) is 0 Å². The molecule has 0 aliphatic rings. The summed E-state index contributed by atoms with van der Waals surface area (Å²) < 4.78 is 5.06. The van der Waals surface area contributed by atoms with Gasteiger partial charge in [0.25, 0.3) is 0 Å². The molecule has 0 saturated carbocycles. The maximum Gasteiger partial charge on any atom is 0.340 e. The summed E-state index contributed by atoms with van der Waals surface area (Å²) in [5, 5.41) is 0.317. The van der Waals surface area contributed by atoms with Crippen LogP contribution in [0, 0.1) is 0 Å². The van der Waals surface area contributed by atoms with E-state index in [4.69, 9.17) is 11.6 Å². The van der Waals surface area contributed by atoms with Crippen molar-refractivity contribution in [3.63, 3.8) is 0 Å². The third-order valence-electron chi connectivity index (χ3n) is 1.24. The lowest BCUT2D eigenvalue weighted by molar-refractivity contribution is 0.0600. The molecule has 0 saturated heterocycles. The van der Waals surface area contributed by atoms with E-state index in [0.29, 0.717) is 9.50 Å². The predicted molar refractivity (Wildman–Crippen MR) is 48.3 cm³/mol. The SMILES string of the molecule is COC(=O)c1cncc(Br)c1Cl. The number of nitrogens with zero attached hydrogens (tertiary/aromatic N) is 1. The zero-order chi connectivity index (χ0) is 9.14. The lowest BCUT2D eigenvalue weighted by atomic mass is 10.3. The Labute approximate surface area is 82.8 Å². The molecular formula is C7H5BrClNO2. The highest BCUT2D eigenvalue weighted by Gasteiger charge is 2.12. The van der Waals surface area contributed by atoms with Crippen LogP contribution in [-0.4, -0.2) is 18.1 Å². The first-order chi connectivity index (χ1) is 5.66. The van der Waals surface area contributed by atoms with Gasteiger partial charge in [-0.3, -0.25) is 4.98 Å². The van der Waals surface area contributed by atoms with E-state index in [0.717, 1.165) is 0 Å². The Morgan fingerprint density at radius 2 is 2.33 bits per heavy atom. The number of rotatable bonds is 1. The summed E-state index contributed by atoms with van der Waals surface area (Å²) in [7, 11) is 1.29. The van der Waals surface area contributed by atoms with Crippen LogP contribution in [0.1, 0.15) is 10.4 Å². The van der Waals surface area contributed by atoms with Gasteiger partial charge in [-0.2, -0.15) is 0 Å². The van der Waals surface area contributed by atoms with Gasteiger partial charge in [-0.05, 0) is 15.9 Å². The minimum absolute atomic E-state index is 0.258. The normalized spacial score (nSPS) is 9.58. The van der Waals surface area contributed by atoms with Gasteiger partial charge in [0.15, 0.2) is 0 Å². The van der Waals surface area contributed by atoms with Gasteiger partial charge in [0, 0.05) is 12.4 Å². The second-order valence-corrected chi connectivity index (χ2v) is 3.21. The van der Waals surface area contributed by atoms with Crippen molar-refractivity contribution in [3.05, 3.63) is 27.5 Å². The Balaban J connectivity index is 3.16. The fourth-order valence-corrected chi connectivity index (χ4v) is 1.18. The summed E-state index contributed by atoms with van der Waals surface area (Å²) in [6.07, 6.45) is 2.87. The van der Waals surface area contributed by atoms with Crippen molar-refractivity contribution in [2.24, 2.45) is 0 Å². The summed E-state index contributed by atoms with van der Waals surface area (Å²) in [4.78, 5) is 14.8. The van der Waals surface area contributed by atoms with E-state index in [-0.39, 0.29) is 5.56 Å². The summed E-state index contributed by atoms with van der Waals surface area (Å²) >= 11 is 8.92. The van der Waals surface area contributed by atoms with Crippen LogP contribution in [0.25, 0.3) is 0 Å². The fraction of sp³-hybridized carbons (Fsp3) is 0.143. The zero-order valence-corrected chi connectivity index (χ0v) is 8.52. The van der Waals surface area contributed by atoms with Crippen LogP contribution in [0.2, 0.25) is 5.02 Å². The summed E-state index contributed by atoms with van der Waals surface area (Å²) in [5.74, 6) is -0.492. The maximum atomic E-state index is 11.0. The number of halogens is 2. The molecule has 0 aliphatic heterocycles. The van der Waals surface area contributed by atoms with Crippen molar-refractivity contribution in [2.75, 3.05) is 7.11 Å². The smallest absolute Gasteiger partial charge is 0.340 e. The molecule has 1 aromatic heterocycles. The molecule has 0 aromatic carbocycles. The molecule has 0 spiro atoms. The van der Waals surface area contributed by atoms with Gasteiger partial charge < -0.3 is 4.74 Å². The highest BCUT2D eigenvalue weighted by atomic mass is 79.9. The van der Waals surface area contributed by atoms with Crippen LogP contribution in [0.15, 0.2) is 16.9 Å². The second kappa shape index (κ2) is 3.87. The van der Waals surface area contributed by atoms with Crippen molar-refractivity contribution in [1.29, 1.82) is 0 Å². The lowest BCUT2D eigenvalue weighted by Gasteiger charge is -2.01. The first-order valence-electron chi connectivity index (χ1n) is 3.04. The molecule has 0 unspecified atom stereocenters. The van der Waals surface area contributed by atoms with Crippen molar-refractivity contribution in [2.45, 2.75) is 0 Å². The first-order valence-corrected chi connectivity index (χ1v) is 4.21. The van der Waals surface area contributed by atoms with Gasteiger partial charge in [-0.25, -0.2) is 4.79 Å². The number of hydrogen-bond acceptors (Lipinski definition) is 3. The van der Waals surface area contributed by atoms with Crippen LogP contribution >= 0.6 is 27.5 Å². The number of carbonyl (C=O) groups is 1. The number of hydrogen-bond donors (Lipinski definition) is 0. The largest absolute Gasteiger partial charge is 0.465 e. The molecule has 1 aromatic rings. The van der Waals surface area contributed by atoms with Gasteiger partial charge in [0.05, 0.1) is 22.2 Å². The quantitative estimate of drug-likeness (QED) is 0.718. The summed E-state index contributed by atoms with van der Waals surface area (Å²) in [5.41, 5.74) is 0.258. The molecule has 0 atom stereocenters. The number of methoxy groups -OCH3 is 1. The summed E-state index contributed by atoms with van der Waals surface area (Å²) in [6.45, 7) is 0. The Morgan fingerprint density at radius 1 is 1.67 bits per heavy atom. The van der Waals surface area contributed by atoms with Crippen molar-refractivity contribution < 1.29 is 9.53 Å². The van der Waals surface area contributed by atoms with Crippen molar-refractivity contribution in [3.8, 4) is 0 Å². The molecule has 64 valence electrons. The predicted octanol–water partition coefficient (Wildman–Crippen LogP) is 2.28. The average molecular weight is 250 g/mol. The first kappa shape index (κ1) is 9.48. The molecule has 5 heteroatoms. The Hall–Kier alpha value is -0.610. The van der Waals surface area contributed by atoms with Gasteiger partial charge in [-0.1, -0.05) is 11.6 Å². The molecular weight excluding hydrogens is 245 g/mol. The standard InChI is InChI=1S/C7H5BrClNO2/c1-12-7(11)4-2-10-3-5(8)6(4)9/h2-3H,1H3. The van der Waals surface area contributed by atoms with Gasteiger partial charge in [0.2, 0.25) is 0 Å². The van der Waals surface area contributed by atoms with Gasteiger partial charge in [-0.15, -0.1) is 0 Å². The van der Waals surface area contributed by atoms with Crippen molar-refractivity contribution >= 4 is 33.5 Å². The number of carbonyl (C=O) groups excluding carboxylic acids is 1. The molecule has 0 fully saturated rings. The Bertz CT molecular complexity index is 316. The monoisotopic (exact) mass is 249 g/mol. The minimum Gasteiger partial charge on any atom is -0.465 e. The molecule has 0 aliphatic carbocycles. The van der Waals surface area contributed by atoms with E-state index < -0.39 is 5.97 Å². The Kier molecular flexibility index (Phi) is 3.05. The highest BCUT2D eigenvalue weighted by molar-refractivity contribution is 9.10. The lowest BCUT2D eigenvalue weighted by Crippen LogP contribution is -2.02. The van der Waals surface area contributed by atoms with E-state index in [1.807, 2.05) is 0 Å². The Morgan fingerprint density at radius 3 is 2.92 bits per heavy atom. The summed E-state index contributed by atoms with van der Waals surface area (Å²) in [6, 6.07) is 0. The van der Waals surface area contributed by atoms with E-state index in [9.17, 15) is 4.79 Å². The number of esters is 1. The molecule has 1 rings (SSSR count). The molecule has 12 heavy (non-hydrogen) atoms. The topological polar surface area (TPSA) is 39.2 Å². The van der Waals surface area contributed by atoms with Gasteiger partial charge >= 0.3 is 5.97 Å². The third kappa shape index (κ3) is 1.76. The maximum absolute atomic E-state index is 11.0. The van der Waals surface area contributed by atoms with E-state index >= 15 is 0 Å². The molecule has 0 amide bonds. The van der Waals surface area contributed by atoms with Crippen LogP contribution in [-0.2, 0) is 4.74 Å². The van der Waals surface area contributed by atoms with E-state index in [1.54, 1.807) is 0 Å². The average Bonchev–Trinajstić information content (AvgIpc) is 2.08. The minimum atomic E-state index is -0.492. The number of aromatic nitrogens is 1. The van der Waals surface area contributed by atoms with E-state index in [1.165, 1.54) is 19.5 Å². The van der Waals surface area contributed by atoms with Crippen molar-refractivity contribution in [1.82, 2.24) is 4.98 Å². The molecule has 3 nitrogen and oxygen atoms in total. The molecule has 1 heterocycles. The number of ether oxygens (including phenoxy) is 1. The molecule has 0 N–H and O–H groups in total. The molecule has 0 bridgehead atoms.